The Labute approximate surface area is 156 Å². The minimum absolute atomic E-state index is 0.0428. The van der Waals surface area contributed by atoms with Crippen LogP contribution in [-0.2, 0) is 0 Å². The molecule has 1 aromatic carbocycles. The Bertz CT molecular complexity index is 812. The van der Waals surface area contributed by atoms with Crippen LogP contribution in [0.15, 0.2) is 34.9 Å². The lowest BCUT2D eigenvalue weighted by molar-refractivity contribution is -0.0503. The molecule has 1 amide bonds. The lowest BCUT2D eigenvalue weighted by Crippen LogP contribution is -2.51. The number of hydrogen-bond acceptors (Lipinski definition) is 2. The van der Waals surface area contributed by atoms with Gasteiger partial charge in [-0.3, -0.25) is 9.78 Å². The van der Waals surface area contributed by atoms with Crippen molar-refractivity contribution in [1.82, 2.24) is 10.3 Å². The highest BCUT2D eigenvalue weighted by atomic mass is 79.9. The molecule has 1 aromatic heterocycles. The molecule has 6 rings (SSSR count). The van der Waals surface area contributed by atoms with Crippen molar-refractivity contribution in [1.29, 1.82) is 0 Å². The Morgan fingerprint density at radius 3 is 2.48 bits per heavy atom. The van der Waals surface area contributed by atoms with Crippen molar-refractivity contribution in [2.24, 2.45) is 23.2 Å². The first kappa shape index (κ1) is 15.8. The Balaban J connectivity index is 1.37. The Kier molecular flexibility index (Phi) is 3.67. The quantitative estimate of drug-likeness (QED) is 0.794. The maximum Gasteiger partial charge on any atom is 0.252 e. The van der Waals surface area contributed by atoms with Crippen molar-refractivity contribution < 1.29 is 4.79 Å². The average Bonchev–Trinajstić information content (AvgIpc) is 2.59. The third-order valence-corrected chi connectivity index (χ3v) is 7.40. The number of rotatable bonds is 3. The van der Waals surface area contributed by atoms with Crippen LogP contribution in [-0.4, -0.2) is 17.4 Å². The van der Waals surface area contributed by atoms with Crippen LogP contribution in [0.5, 0.6) is 0 Å². The zero-order valence-corrected chi connectivity index (χ0v) is 15.9. The summed E-state index contributed by atoms with van der Waals surface area (Å²) in [5.74, 6) is 2.80. The van der Waals surface area contributed by atoms with E-state index in [4.69, 9.17) is 0 Å². The Hall–Kier alpha value is -1.42. The molecule has 4 fully saturated rings. The number of aromatic nitrogens is 1. The fraction of sp³-hybridized carbons (Fsp3) is 0.524. The van der Waals surface area contributed by atoms with E-state index in [9.17, 15) is 4.79 Å². The van der Waals surface area contributed by atoms with Gasteiger partial charge in [-0.25, -0.2) is 0 Å². The number of para-hydroxylation sites is 1. The number of carbonyl (C=O) groups excluding carboxylic acids is 1. The number of benzene rings is 1. The minimum atomic E-state index is 0.0428. The maximum absolute atomic E-state index is 12.9. The van der Waals surface area contributed by atoms with Gasteiger partial charge >= 0.3 is 0 Å². The van der Waals surface area contributed by atoms with Crippen molar-refractivity contribution >= 4 is 32.7 Å². The molecule has 4 aliphatic rings. The maximum atomic E-state index is 12.9. The summed E-state index contributed by atoms with van der Waals surface area (Å²) in [6, 6.07) is 7.74. The standard InChI is InChI=1S/C21H23BrN2O/c22-18-3-1-2-16-17(4-5-23-19(16)18)20(25)24-12-21-9-13-6-14(10-21)8-15(7-13)11-21/h1-5,13-15H,6-12H2,(H,24,25). The van der Waals surface area contributed by atoms with Crippen molar-refractivity contribution in [3.05, 3.63) is 40.5 Å². The zero-order chi connectivity index (χ0) is 17.0. The molecule has 4 saturated carbocycles. The van der Waals surface area contributed by atoms with Crippen LogP contribution in [0, 0.1) is 23.2 Å². The molecule has 130 valence electrons. The summed E-state index contributed by atoms with van der Waals surface area (Å²) in [5.41, 5.74) is 1.95. The molecule has 0 saturated heterocycles. The third-order valence-electron chi connectivity index (χ3n) is 6.76. The van der Waals surface area contributed by atoms with Gasteiger partial charge in [-0.1, -0.05) is 12.1 Å². The van der Waals surface area contributed by atoms with Crippen LogP contribution in [0.2, 0.25) is 0 Å². The van der Waals surface area contributed by atoms with Gasteiger partial charge in [0.15, 0.2) is 0 Å². The van der Waals surface area contributed by atoms with E-state index in [0.29, 0.717) is 5.41 Å². The van der Waals surface area contributed by atoms with Gasteiger partial charge in [-0.05, 0) is 89.8 Å². The second-order valence-electron chi connectivity index (χ2n) is 8.59. The second-order valence-corrected chi connectivity index (χ2v) is 9.45. The van der Waals surface area contributed by atoms with Gasteiger partial charge in [-0.2, -0.15) is 0 Å². The number of carbonyl (C=O) groups is 1. The monoisotopic (exact) mass is 398 g/mol. The molecule has 1 heterocycles. The van der Waals surface area contributed by atoms with Crippen LogP contribution in [0.1, 0.15) is 48.9 Å². The van der Waals surface area contributed by atoms with Gasteiger partial charge < -0.3 is 5.32 Å². The first-order valence-electron chi connectivity index (χ1n) is 9.43. The summed E-state index contributed by atoms with van der Waals surface area (Å²) in [7, 11) is 0. The number of hydrogen-bond donors (Lipinski definition) is 1. The third kappa shape index (κ3) is 2.69. The number of amides is 1. The highest BCUT2D eigenvalue weighted by Gasteiger charge is 2.50. The van der Waals surface area contributed by atoms with Gasteiger partial charge in [0, 0.05) is 22.6 Å². The van der Waals surface area contributed by atoms with E-state index < -0.39 is 0 Å². The first-order valence-corrected chi connectivity index (χ1v) is 10.2. The predicted molar refractivity (Wildman–Crippen MR) is 102 cm³/mol. The summed E-state index contributed by atoms with van der Waals surface area (Å²) in [6.45, 7) is 0.840. The van der Waals surface area contributed by atoms with E-state index in [-0.39, 0.29) is 5.91 Å². The van der Waals surface area contributed by atoms with Crippen molar-refractivity contribution in [2.75, 3.05) is 6.54 Å². The summed E-state index contributed by atoms with van der Waals surface area (Å²) in [6.07, 6.45) is 10.0. The smallest absolute Gasteiger partial charge is 0.252 e. The molecular formula is C21H23BrN2O. The highest BCUT2D eigenvalue weighted by Crippen LogP contribution is 2.59. The van der Waals surface area contributed by atoms with Crippen molar-refractivity contribution in [3.8, 4) is 0 Å². The fourth-order valence-electron chi connectivity index (χ4n) is 6.21. The number of fused-ring (bicyclic) bond motifs is 1. The summed E-state index contributed by atoms with van der Waals surface area (Å²) in [5, 5.41) is 4.20. The van der Waals surface area contributed by atoms with E-state index in [1.807, 2.05) is 24.3 Å². The van der Waals surface area contributed by atoms with Gasteiger partial charge in [0.05, 0.1) is 11.1 Å². The topological polar surface area (TPSA) is 42.0 Å². The van der Waals surface area contributed by atoms with Crippen LogP contribution in [0.25, 0.3) is 10.9 Å². The molecule has 0 aliphatic heterocycles. The number of nitrogens with one attached hydrogen (secondary N) is 1. The van der Waals surface area contributed by atoms with E-state index in [1.165, 1.54) is 38.5 Å². The van der Waals surface area contributed by atoms with Crippen LogP contribution < -0.4 is 5.32 Å². The summed E-state index contributed by atoms with van der Waals surface area (Å²) >= 11 is 3.53. The van der Waals surface area contributed by atoms with E-state index >= 15 is 0 Å². The number of pyridine rings is 1. The summed E-state index contributed by atoms with van der Waals surface area (Å²) < 4.78 is 0.931. The highest BCUT2D eigenvalue weighted by molar-refractivity contribution is 9.10. The molecule has 1 N–H and O–H groups in total. The van der Waals surface area contributed by atoms with Crippen molar-refractivity contribution in [2.45, 2.75) is 38.5 Å². The van der Waals surface area contributed by atoms with Crippen LogP contribution in [0.4, 0.5) is 0 Å². The number of nitrogens with zero attached hydrogens (tertiary/aromatic N) is 1. The molecule has 0 atom stereocenters. The SMILES string of the molecule is O=C(NCC12CC3CC(CC(C3)C1)C2)c1ccnc2c(Br)cccc12. The first-order chi connectivity index (χ1) is 12.1. The summed E-state index contributed by atoms with van der Waals surface area (Å²) in [4.78, 5) is 17.3. The molecule has 0 radical (unpaired) electrons. The normalized spacial score (nSPS) is 32.9. The van der Waals surface area contributed by atoms with Gasteiger partial charge in [0.2, 0.25) is 0 Å². The van der Waals surface area contributed by atoms with E-state index in [2.05, 4.69) is 26.2 Å². The lowest BCUT2D eigenvalue weighted by Gasteiger charge is -2.56. The average molecular weight is 399 g/mol. The Morgan fingerprint density at radius 2 is 1.80 bits per heavy atom. The second kappa shape index (κ2) is 5.80. The zero-order valence-electron chi connectivity index (χ0n) is 14.3. The molecule has 4 heteroatoms. The molecule has 4 aliphatic carbocycles. The van der Waals surface area contributed by atoms with E-state index in [0.717, 1.165) is 45.2 Å². The van der Waals surface area contributed by atoms with Crippen molar-refractivity contribution in [3.63, 3.8) is 0 Å². The molecule has 2 aromatic rings. The van der Waals surface area contributed by atoms with Crippen LogP contribution in [0.3, 0.4) is 0 Å². The minimum Gasteiger partial charge on any atom is -0.351 e. The predicted octanol–water partition coefficient (Wildman–Crippen LogP) is 4.94. The fourth-order valence-corrected chi connectivity index (χ4v) is 6.68. The van der Waals surface area contributed by atoms with E-state index in [1.54, 1.807) is 6.20 Å². The molecule has 25 heavy (non-hydrogen) atoms. The lowest BCUT2D eigenvalue weighted by atomic mass is 9.49. The van der Waals surface area contributed by atoms with Gasteiger partial charge in [-0.15, -0.1) is 0 Å². The van der Waals surface area contributed by atoms with Crippen LogP contribution >= 0.6 is 15.9 Å². The van der Waals surface area contributed by atoms with Gasteiger partial charge in [0.1, 0.15) is 0 Å². The molecule has 0 unspecified atom stereocenters. The Morgan fingerprint density at radius 1 is 1.12 bits per heavy atom. The molecule has 4 bridgehead atoms. The largest absolute Gasteiger partial charge is 0.351 e. The van der Waals surface area contributed by atoms with Gasteiger partial charge in [0.25, 0.3) is 5.91 Å². The molecule has 3 nitrogen and oxygen atoms in total. The molecular weight excluding hydrogens is 376 g/mol. The number of halogens is 1. The molecule has 0 spiro atoms.